The monoisotopic (exact) mass is 354 g/mol. The highest BCUT2D eigenvalue weighted by Crippen LogP contribution is 2.33. The topological polar surface area (TPSA) is 64.3 Å². The van der Waals surface area contributed by atoms with Gasteiger partial charge in [0.05, 0.1) is 29.7 Å². The number of nitrogens with two attached hydrogens (primary N) is 1. The molecule has 1 aliphatic rings. The second-order valence-electron chi connectivity index (χ2n) is 6.98. The number of unbranched alkanes of at least 4 members (excludes halogenated alkanes) is 1. The Bertz CT molecular complexity index is 691. The standard InChI is InChI=1S/C21H30N4O/c1-26-16-19-10-5-9-18(24-19)15-25(14-3-2-12-22)20-11-4-7-17-8-6-13-23-21(17)20/h5-6,8-10,13,20H,2-4,7,11-12,14-16,22H2,1H3. The van der Waals surface area contributed by atoms with Gasteiger partial charge in [0, 0.05) is 19.9 Å². The van der Waals surface area contributed by atoms with Crippen molar-refractivity contribution in [2.75, 3.05) is 20.2 Å². The Balaban J connectivity index is 1.80. The molecule has 0 amide bonds. The fraction of sp³-hybridized carbons (Fsp3) is 0.524. The first-order valence-electron chi connectivity index (χ1n) is 9.63. The van der Waals surface area contributed by atoms with Crippen molar-refractivity contribution in [3.8, 4) is 0 Å². The molecule has 26 heavy (non-hydrogen) atoms. The van der Waals surface area contributed by atoms with Crippen LogP contribution in [-0.4, -0.2) is 35.1 Å². The largest absolute Gasteiger partial charge is 0.378 e. The van der Waals surface area contributed by atoms with Crippen LogP contribution in [0, 0.1) is 0 Å². The summed E-state index contributed by atoms with van der Waals surface area (Å²) in [5.41, 5.74) is 10.4. The van der Waals surface area contributed by atoms with E-state index in [1.807, 2.05) is 12.3 Å². The van der Waals surface area contributed by atoms with Crippen molar-refractivity contribution in [3.63, 3.8) is 0 Å². The van der Waals surface area contributed by atoms with Crippen molar-refractivity contribution in [2.24, 2.45) is 5.73 Å². The summed E-state index contributed by atoms with van der Waals surface area (Å²) < 4.78 is 5.23. The minimum absolute atomic E-state index is 0.366. The van der Waals surface area contributed by atoms with Gasteiger partial charge in [-0.25, -0.2) is 0 Å². The number of methoxy groups -OCH3 is 1. The second kappa shape index (κ2) is 9.76. The van der Waals surface area contributed by atoms with E-state index in [0.717, 1.165) is 56.7 Å². The smallest absolute Gasteiger partial charge is 0.0884 e. The van der Waals surface area contributed by atoms with Crippen LogP contribution in [-0.2, 0) is 24.3 Å². The number of aryl methyl sites for hydroxylation is 1. The Morgan fingerprint density at radius 3 is 2.92 bits per heavy atom. The van der Waals surface area contributed by atoms with E-state index in [9.17, 15) is 0 Å². The molecule has 1 unspecified atom stereocenters. The highest BCUT2D eigenvalue weighted by Gasteiger charge is 2.27. The van der Waals surface area contributed by atoms with Gasteiger partial charge in [-0.2, -0.15) is 0 Å². The van der Waals surface area contributed by atoms with Crippen molar-refractivity contribution < 1.29 is 4.74 Å². The number of hydrogen-bond donors (Lipinski definition) is 1. The average molecular weight is 354 g/mol. The van der Waals surface area contributed by atoms with Crippen molar-refractivity contribution in [1.29, 1.82) is 0 Å². The molecule has 0 aliphatic heterocycles. The molecule has 1 atom stereocenters. The van der Waals surface area contributed by atoms with Gasteiger partial charge >= 0.3 is 0 Å². The van der Waals surface area contributed by atoms with E-state index in [1.165, 1.54) is 17.7 Å². The number of ether oxygens (including phenoxy) is 1. The Kier molecular flexibility index (Phi) is 7.12. The zero-order valence-corrected chi connectivity index (χ0v) is 15.7. The van der Waals surface area contributed by atoms with E-state index in [4.69, 9.17) is 20.4 Å². The molecule has 0 aromatic carbocycles. The third kappa shape index (κ3) is 4.87. The number of nitrogens with zero attached hydrogens (tertiary/aromatic N) is 3. The van der Waals surface area contributed by atoms with Crippen LogP contribution in [0.4, 0.5) is 0 Å². The summed E-state index contributed by atoms with van der Waals surface area (Å²) in [7, 11) is 1.71. The van der Waals surface area contributed by atoms with Crippen molar-refractivity contribution in [3.05, 3.63) is 59.2 Å². The van der Waals surface area contributed by atoms with E-state index in [0.29, 0.717) is 12.6 Å². The third-order valence-corrected chi connectivity index (χ3v) is 5.03. The molecule has 0 saturated heterocycles. The summed E-state index contributed by atoms with van der Waals surface area (Å²) in [6, 6.07) is 10.8. The fourth-order valence-electron chi connectivity index (χ4n) is 3.80. The van der Waals surface area contributed by atoms with E-state index < -0.39 is 0 Å². The summed E-state index contributed by atoms with van der Waals surface area (Å²) in [6.45, 7) is 3.15. The molecule has 2 heterocycles. The first-order valence-corrected chi connectivity index (χ1v) is 9.63. The van der Waals surface area contributed by atoms with Crippen LogP contribution < -0.4 is 5.73 Å². The minimum atomic E-state index is 0.366. The van der Waals surface area contributed by atoms with E-state index in [2.05, 4.69) is 29.2 Å². The van der Waals surface area contributed by atoms with Crippen molar-refractivity contribution >= 4 is 0 Å². The molecule has 5 heteroatoms. The normalized spacial score (nSPS) is 16.7. The average Bonchev–Trinajstić information content (AvgIpc) is 2.67. The summed E-state index contributed by atoms with van der Waals surface area (Å²) in [4.78, 5) is 12.0. The van der Waals surface area contributed by atoms with Crippen molar-refractivity contribution in [1.82, 2.24) is 14.9 Å². The summed E-state index contributed by atoms with van der Waals surface area (Å²) in [5, 5.41) is 0. The molecule has 0 radical (unpaired) electrons. The summed E-state index contributed by atoms with van der Waals surface area (Å²) in [6.07, 6.45) is 7.59. The molecule has 0 bridgehead atoms. The van der Waals surface area contributed by atoms with E-state index in [1.54, 1.807) is 7.11 Å². The number of rotatable bonds is 9. The van der Waals surface area contributed by atoms with Gasteiger partial charge in [-0.05, 0) is 69.0 Å². The number of hydrogen-bond acceptors (Lipinski definition) is 5. The van der Waals surface area contributed by atoms with Crippen LogP contribution in [0.15, 0.2) is 36.5 Å². The molecular formula is C21H30N4O. The molecule has 3 rings (SSSR count). The van der Waals surface area contributed by atoms with Gasteiger partial charge in [0.2, 0.25) is 0 Å². The number of fused-ring (bicyclic) bond motifs is 1. The van der Waals surface area contributed by atoms with Gasteiger partial charge in [0.1, 0.15) is 0 Å². The first-order chi connectivity index (χ1) is 12.8. The van der Waals surface area contributed by atoms with E-state index >= 15 is 0 Å². The van der Waals surface area contributed by atoms with Crippen LogP contribution in [0.5, 0.6) is 0 Å². The maximum absolute atomic E-state index is 5.72. The van der Waals surface area contributed by atoms with Gasteiger partial charge in [0.15, 0.2) is 0 Å². The molecule has 0 saturated carbocycles. The Labute approximate surface area is 156 Å². The number of aromatic nitrogens is 2. The molecule has 2 N–H and O–H groups in total. The fourth-order valence-corrected chi connectivity index (χ4v) is 3.80. The SMILES string of the molecule is COCc1cccc(CN(CCCCN)C2CCCc3cccnc32)n1. The van der Waals surface area contributed by atoms with Gasteiger partial charge in [-0.15, -0.1) is 0 Å². The predicted octanol–water partition coefficient (Wildman–Crippen LogP) is 3.24. The van der Waals surface area contributed by atoms with Crippen LogP contribution in [0.1, 0.15) is 54.4 Å². The molecule has 1 aliphatic carbocycles. The molecule has 0 fully saturated rings. The second-order valence-corrected chi connectivity index (χ2v) is 6.98. The maximum atomic E-state index is 5.72. The first kappa shape index (κ1) is 19.0. The molecular weight excluding hydrogens is 324 g/mol. The highest BCUT2D eigenvalue weighted by atomic mass is 16.5. The quantitative estimate of drug-likeness (QED) is 0.700. The van der Waals surface area contributed by atoms with Crippen LogP contribution in [0.2, 0.25) is 0 Å². The van der Waals surface area contributed by atoms with Crippen LogP contribution >= 0.6 is 0 Å². The maximum Gasteiger partial charge on any atom is 0.0884 e. The Hall–Kier alpha value is -1.82. The summed E-state index contributed by atoms with van der Waals surface area (Å²) >= 11 is 0. The molecule has 5 nitrogen and oxygen atoms in total. The molecule has 0 spiro atoms. The number of pyridine rings is 2. The minimum Gasteiger partial charge on any atom is -0.378 e. The lowest BCUT2D eigenvalue weighted by molar-refractivity contribution is 0.159. The van der Waals surface area contributed by atoms with Crippen LogP contribution in [0.25, 0.3) is 0 Å². The summed E-state index contributed by atoms with van der Waals surface area (Å²) in [5.74, 6) is 0. The Morgan fingerprint density at radius 1 is 1.19 bits per heavy atom. The lowest BCUT2D eigenvalue weighted by Gasteiger charge is -2.35. The molecule has 2 aromatic rings. The zero-order chi connectivity index (χ0) is 18.2. The van der Waals surface area contributed by atoms with Gasteiger partial charge in [0.25, 0.3) is 0 Å². The van der Waals surface area contributed by atoms with Gasteiger partial charge < -0.3 is 10.5 Å². The molecule has 140 valence electrons. The lowest BCUT2D eigenvalue weighted by atomic mass is 9.90. The van der Waals surface area contributed by atoms with Crippen LogP contribution in [0.3, 0.4) is 0 Å². The zero-order valence-electron chi connectivity index (χ0n) is 15.7. The van der Waals surface area contributed by atoms with Crippen molar-refractivity contribution in [2.45, 2.75) is 51.3 Å². The van der Waals surface area contributed by atoms with E-state index in [-0.39, 0.29) is 0 Å². The Morgan fingerprint density at radius 2 is 2.08 bits per heavy atom. The predicted molar refractivity (Wildman–Crippen MR) is 104 cm³/mol. The highest BCUT2D eigenvalue weighted by molar-refractivity contribution is 5.26. The van der Waals surface area contributed by atoms with Gasteiger partial charge in [-0.1, -0.05) is 12.1 Å². The third-order valence-electron chi connectivity index (χ3n) is 5.03. The lowest BCUT2D eigenvalue weighted by Crippen LogP contribution is -2.33. The van der Waals surface area contributed by atoms with Gasteiger partial charge in [-0.3, -0.25) is 14.9 Å². The molecule has 2 aromatic heterocycles.